The molecule has 1 fully saturated rings. The van der Waals surface area contributed by atoms with Crippen molar-refractivity contribution in [3.05, 3.63) is 41.7 Å². The van der Waals surface area contributed by atoms with E-state index in [9.17, 15) is 4.79 Å². The Kier molecular flexibility index (Phi) is 5.82. The van der Waals surface area contributed by atoms with Crippen LogP contribution in [-0.2, 0) is 4.79 Å². The second-order valence-corrected chi connectivity index (χ2v) is 6.88. The topological polar surface area (TPSA) is 73.8 Å². The highest BCUT2D eigenvalue weighted by Crippen LogP contribution is 2.43. The van der Waals surface area contributed by atoms with Crippen LogP contribution in [0.4, 0.5) is 0 Å². The number of amides is 1. The summed E-state index contributed by atoms with van der Waals surface area (Å²) in [6.07, 6.45) is 1.61. The quantitative estimate of drug-likeness (QED) is 0.768. The molecule has 26 heavy (non-hydrogen) atoms. The van der Waals surface area contributed by atoms with E-state index in [-0.39, 0.29) is 23.9 Å². The molecule has 0 bridgehead atoms. The number of aromatic nitrogens is 2. The average Bonchev–Trinajstić information content (AvgIpc) is 3.15. The van der Waals surface area contributed by atoms with E-state index in [4.69, 9.17) is 14.2 Å². The summed E-state index contributed by atoms with van der Waals surface area (Å²) in [7, 11) is 3.24. The number of carbonyl (C=O) groups excluding carboxylic acids is 1. The minimum absolute atomic E-state index is 0.104. The van der Waals surface area contributed by atoms with E-state index in [1.807, 2.05) is 25.1 Å². The summed E-state index contributed by atoms with van der Waals surface area (Å²) in [5, 5.41) is -0.144. The SMILES string of the molecule is COc1ccc(OC)c(C2SCCN2C(=O)COc2nccc(C)n2)c1. The molecule has 0 N–H and O–H groups in total. The number of nitrogens with zero attached hydrogens (tertiary/aromatic N) is 3. The molecule has 0 spiro atoms. The van der Waals surface area contributed by atoms with Gasteiger partial charge in [-0.2, -0.15) is 0 Å². The minimum Gasteiger partial charge on any atom is -0.497 e. The maximum atomic E-state index is 12.7. The van der Waals surface area contributed by atoms with Gasteiger partial charge in [0.2, 0.25) is 0 Å². The molecule has 1 atom stereocenters. The molecule has 1 aliphatic heterocycles. The number of rotatable bonds is 6. The fourth-order valence-corrected chi connectivity index (χ4v) is 4.01. The van der Waals surface area contributed by atoms with Gasteiger partial charge in [0.15, 0.2) is 6.61 Å². The number of hydrogen-bond donors (Lipinski definition) is 0. The summed E-state index contributed by atoms with van der Waals surface area (Å²) in [6, 6.07) is 7.59. The van der Waals surface area contributed by atoms with Crippen LogP contribution in [0, 0.1) is 6.92 Å². The van der Waals surface area contributed by atoms with Crippen molar-refractivity contribution >= 4 is 17.7 Å². The van der Waals surface area contributed by atoms with Gasteiger partial charge in [-0.15, -0.1) is 11.8 Å². The fraction of sp³-hybridized carbons (Fsp3) is 0.389. The van der Waals surface area contributed by atoms with Crippen LogP contribution >= 0.6 is 11.8 Å². The van der Waals surface area contributed by atoms with Crippen LogP contribution in [0.1, 0.15) is 16.6 Å². The predicted molar refractivity (Wildman–Crippen MR) is 98.7 cm³/mol. The van der Waals surface area contributed by atoms with Crippen LogP contribution in [-0.4, -0.2) is 53.9 Å². The van der Waals surface area contributed by atoms with E-state index in [1.165, 1.54) is 0 Å². The number of carbonyl (C=O) groups is 1. The average molecular weight is 375 g/mol. The molecule has 1 saturated heterocycles. The lowest BCUT2D eigenvalue weighted by atomic mass is 10.1. The molecule has 2 aromatic rings. The molecule has 1 aliphatic rings. The number of hydrogen-bond acceptors (Lipinski definition) is 7. The Balaban J connectivity index is 1.74. The molecule has 1 unspecified atom stereocenters. The van der Waals surface area contributed by atoms with Gasteiger partial charge in [0.25, 0.3) is 5.91 Å². The summed E-state index contributed by atoms with van der Waals surface area (Å²) >= 11 is 1.69. The summed E-state index contributed by atoms with van der Waals surface area (Å²) in [5.41, 5.74) is 1.70. The van der Waals surface area contributed by atoms with E-state index in [1.54, 1.807) is 43.1 Å². The maximum Gasteiger partial charge on any atom is 0.317 e. The van der Waals surface area contributed by atoms with Gasteiger partial charge in [-0.05, 0) is 31.2 Å². The third-order valence-corrected chi connectivity index (χ3v) is 5.25. The van der Waals surface area contributed by atoms with Crippen molar-refractivity contribution < 1.29 is 19.0 Å². The van der Waals surface area contributed by atoms with Crippen LogP contribution in [0.3, 0.4) is 0 Å². The molecular weight excluding hydrogens is 354 g/mol. The molecule has 0 aliphatic carbocycles. The first kappa shape index (κ1) is 18.3. The van der Waals surface area contributed by atoms with Crippen molar-refractivity contribution in [2.24, 2.45) is 0 Å². The van der Waals surface area contributed by atoms with E-state index in [0.29, 0.717) is 6.54 Å². The molecule has 1 aromatic heterocycles. The van der Waals surface area contributed by atoms with E-state index >= 15 is 0 Å². The van der Waals surface area contributed by atoms with Gasteiger partial charge in [-0.3, -0.25) is 4.79 Å². The normalized spacial score (nSPS) is 16.4. The van der Waals surface area contributed by atoms with Gasteiger partial charge in [-0.1, -0.05) is 0 Å². The van der Waals surface area contributed by atoms with E-state index in [0.717, 1.165) is 28.5 Å². The predicted octanol–water partition coefficient (Wildman–Crippen LogP) is 2.46. The first-order valence-corrected chi connectivity index (χ1v) is 9.22. The lowest BCUT2D eigenvalue weighted by Gasteiger charge is -2.25. The molecule has 1 aromatic carbocycles. The van der Waals surface area contributed by atoms with Crippen molar-refractivity contribution in [3.8, 4) is 17.5 Å². The molecule has 138 valence electrons. The van der Waals surface area contributed by atoms with Gasteiger partial charge in [0.1, 0.15) is 16.9 Å². The molecule has 1 amide bonds. The first-order valence-electron chi connectivity index (χ1n) is 8.18. The standard InChI is InChI=1S/C18H21N3O4S/c1-12-6-7-19-18(20-12)25-11-16(22)21-8-9-26-17(21)14-10-13(23-2)4-5-15(14)24-3/h4-7,10,17H,8-9,11H2,1-3H3. The van der Waals surface area contributed by atoms with Crippen LogP contribution in [0.15, 0.2) is 30.5 Å². The van der Waals surface area contributed by atoms with Gasteiger partial charge in [0, 0.05) is 29.8 Å². The van der Waals surface area contributed by atoms with Gasteiger partial charge in [0.05, 0.1) is 14.2 Å². The first-order chi connectivity index (χ1) is 12.6. The second kappa shape index (κ2) is 8.27. The number of methoxy groups -OCH3 is 2. The lowest BCUT2D eigenvalue weighted by molar-refractivity contribution is -0.133. The van der Waals surface area contributed by atoms with Crippen molar-refractivity contribution in [3.63, 3.8) is 0 Å². The number of aryl methyl sites for hydroxylation is 1. The zero-order chi connectivity index (χ0) is 18.5. The van der Waals surface area contributed by atoms with Gasteiger partial charge in [-0.25, -0.2) is 9.97 Å². The van der Waals surface area contributed by atoms with E-state index in [2.05, 4.69) is 9.97 Å². The Hall–Kier alpha value is -2.48. The largest absolute Gasteiger partial charge is 0.497 e. The molecule has 0 saturated carbocycles. The Bertz CT molecular complexity index is 787. The highest BCUT2D eigenvalue weighted by atomic mass is 32.2. The smallest absolute Gasteiger partial charge is 0.317 e. The van der Waals surface area contributed by atoms with Crippen molar-refractivity contribution in [1.82, 2.24) is 14.9 Å². The summed E-state index contributed by atoms with van der Waals surface area (Å²) in [4.78, 5) is 22.7. The van der Waals surface area contributed by atoms with Crippen LogP contribution in [0.25, 0.3) is 0 Å². The molecule has 2 heterocycles. The van der Waals surface area contributed by atoms with Crippen LogP contribution < -0.4 is 14.2 Å². The Labute approximate surface area is 156 Å². The highest BCUT2D eigenvalue weighted by molar-refractivity contribution is 7.99. The van der Waals surface area contributed by atoms with Gasteiger partial charge < -0.3 is 19.1 Å². The lowest BCUT2D eigenvalue weighted by Crippen LogP contribution is -2.34. The third-order valence-electron chi connectivity index (χ3n) is 4.01. The number of ether oxygens (including phenoxy) is 3. The third kappa shape index (κ3) is 4.01. The summed E-state index contributed by atoms with van der Waals surface area (Å²) in [5.74, 6) is 2.18. The Morgan fingerprint density at radius 2 is 2.15 bits per heavy atom. The highest BCUT2D eigenvalue weighted by Gasteiger charge is 2.33. The minimum atomic E-state index is -0.144. The summed E-state index contributed by atoms with van der Waals surface area (Å²) in [6.45, 7) is 2.39. The van der Waals surface area contributed by atoms with Gasteiger partial charge >= 0.3 is 6.01 Å². The zero-order valence-corrected chi connectivity index (χ0v) is 15.8. The molecule has 7 nitrogen and oxygen atoms in total. The van der Waals surface area contributed by atoms with Crippen molar-refractivity contribution in [1.29, 1.82) is 0 Å². The zero-order valence-electron chi connectivity index (χ0n) is 15.0. The fourth-order valence-electron chi connectivity index (χ4n) is 2.72. The molecular formula is C18H21N3O4S. The van der Waals surface area contributed by atoms with E-state index < -0.39 is 0 Å². The molecule has 0 radical (unpaired) electrons. The number of benzene rings is 1. The van der Waals surface area contributed by atoms with Crippen LogP contribution in [0.5, 0.6) is 17.5 Å². The second-order valence-electron chi connectivity index (χ2n) is 5.69. The Morgan fingerprint density at radius 1 is 1.31 bits per heavy atom. The van der Waals surface area contributed by atoms with Crippen molar-refractivity contribution in [2.45, 2.75) is 12.3 Å². The molecule has 8 heteroatoms. The number of thioether (sulfide) groups is 1. The maximum absolute atomic E-state index is 12.7. The summed E-state index contributed by atoms with van der Waals surface area (Å²) < 4.78 is 16.3. The molecule has 3 rings (SSSR count). The van der Waals surface area contributed by atoms with Crippen molar-refractivity contribution in [2.75, 3.05) is 33.1 Å². The monoisotopic (exact) mass is 375 g/mol. The Morgan fingerprint density at radius 3 is 2.88 bits per heavy atom. The van der Waals surface area contributed by atoms with Crippen LogP contribution in [0.2, 0.25) is 0 Å².